The minimum absolute atomic E-state index is 0.0175. The Labute approximate surface area is 230 Å². The Hall–Kier alpha value is -4.39. The van der Waals surface area contributed by atoms with Crippen molar-refractivity contribution in [3.63, 3.8) is 0 Å². The van der Waals surface area contributed by atoms with Crippen LogP contribution >= 0.6 is 12.6 Å². The van der Waals surface area contributed by atoms with Gasteiger partial charge in [-0.2, -0.15) is 12.6 Å². The molecule has 6 N–H and O–H groups in total. The number of carboxylic acid groups (broad SMARTS) is 2. The molecular weight excluding hydrogens is 528 g/mol. The number of hydrogen-bond acceptors (Lipinski definition) is 7. The lowest BCUT2D eigenvalue weighted by molar-refractivity contribution is -0.142. The average molecular weight is 559 g/mol. The molecule has 0 bridgehead atoms. The van der Waals surface area contributed by atoms with E-state index < -0.39 is 54.2 Å². The van der Waals surface area contributed by atoms with E-state index in [4.69, 9.17) is 0 Å². The number of thiol groups is 1. The van der Waals surface area contributed by atoms with Crippen LogP contribution in [-0.4, -0.2) is 70.2 Å². The maximum atomic E-state index is 13.1. The fraction of sp³-hybridized carbons (Fsp3) is 0.308. The first-order valence-corrected chi connectivity index (χ1v) is 12.5. The smallest absolute Gasteiger partial charge is 0.327 e. The fourth-order valence-corrected chi connectivity index (χ4v) is 3.79. The Morgan fingerprint density at radius 3 is 1.92 bits per heavy atom. The van der Waals surface area contributed by atoms with Gasteiger partial charge in [-0.05, 0) is 16.7 Å². The molecule has 0 aliphatic carbocycles. The third-order valence-corrected chi connectivity index (χ3v) is 5.89. The van der Waals surface area contributed by atoms with Gasteiger partial charge in [-0.15, -0.1) is 0 Å². The molecular formula is C26H30N4O8S. The average Bonchev–Trinajstić information content (AvgIpc) is 2.90. The second-order valence-corrected chi connectivity index (χ2v) is 8.91. The second-order valence-electron chi connectivity index (χ2n) is 8.54. The number of nitrogens with one attached hydrogen (secondary N) is 4. The fourth-order valence-electron chi connectivity index (χ4n) is 3.54. The standard InChI is InChI=1S/C26H30N4O8S/c31-15-27-13-18-8-6-17(7-9-18)11-22(32)28-20(12-23(33)34)25(36)29-19(10-16-4-2-1-3-5-16)24(35)30-21(14-39)26(37)38/h1-9,15,19-21,39H,10-14H2,(H,27,31)(H,28,32)(H,29,36)(H,30,35)(H,33,34)(H,37,38)/t19-,20-,21-/m0/s1. The molecule has 39 heavy (non-hydrogen) atoms. The van der Waals surface area contributed by atoms with E-state index in [0.29, 0.717) is 24.1 Å². The van der Waals surface area contributed by atoms with Crippen LogP contribution in [0.15, 0.2) is 54.6 Å². The molecule has 0 saturated carbocycles. The van der Waals surface area contributed by atoms with Crippen molar-refractivity contribution in [3.8, 4) is 0 Å². The van der Waals surface area contributed by atoms with Crippen LogP contribution in [-0.2, 0) is 48.2 Å². The summed E-state index contributed by atoms with van der Waals surface area (Å²) in [6.45, 7) is 0.315. The van der Waals surface area contributed by atoms with Crippen molar-refractivity contribution < 1.29 is 39.0 Å². The topological polar surface area (TPSA) is 191 Å². The van der Waals surface area contributed by atoms with Gasteiger partial charge in [-0.25, -0.2) is 4.79 Å². The Morgan fingerprint density at radius 1 is 0.769 bits per heavy atom. The molecule has 3 atom stereocenters. The maximum absolute atomic E-state index is 13.1. The zero-order chi connectivity index (χ0) is 28.8. The van der Waals surface area contributed by atoms with Crippen molar-refractivity contribution in [2.75, 3.05) is 5.75 Å². The summed E-state index contributed by atoms with van der Waals surface area (Å²) in [4.78, 5) is 71.8. The molecule has 13 heteroatoms. The molecule has 0 aliphatic rings. The molecule has 208 valence electrons. The van der Waals surface area contributed by atoms with Gasteiger partial charge in [0, 0.05) is 18.7 Å². The number of benzene rings is 2. The molecule has 2 aromatic rings. The maximum Gasteiger partial charge on any atom is 0.327 e. The number of aliphatic carboxylic acids is 2. The Kier molecular flexibility index (Phi) is 12.5. The number of hydrogen-bond donors (Lipinski definition) is 7. The summed E-state index contributed by atoms with van der Waals surface area (Å²) >= 11 is 3.92. The van der Waals surface area contributed by atoms with Crippen LogP contribution in [0, 0.1) is 0 Å². The van der Waals surface area contributed by atoms with E-state index in [9.17, 15) is 39.0 Å². The largest absolute Gasteiger partial charge is 0.481 e. The van der Waals surface area contributed by atoms with E-state index in [1.165, 1.54) is 0 Å². The van der Waals surface area contributed by atoms with Crippen LogP contribution in [0.25, 0.3) is 0 Å². The quantitative estimate of drug-likeness (QED) is 0.107. The summed E-state index contributed by atoms with van der Waals surface area (Å²) in [6.07, 6.45) is -0.354. The van der Waals surface area contributed by atoms with Gasteiger partial charge in [0.15, 0.2) is 0 Å². The van der Waals surface area contributed by atoms with Crippen LogP contribution in [0.2, 0.25) is 0 Å². The van der Waals surface area contributed by atoms with Gasteiger partial charge in [0.2, 0.25) is 24.1 Å². The third-order valence-electron chi connectivity index (χ3n) is 5.52. The van der Waals surface area contributed by atoms with Crippen molar-refractivity contribution in [2.45, 2.75) is 43.9 Å². The van der Waals surface area contributed by atoms with Crippen LogP contribution in [0.3, 0.4) is 0 Å². The van der Waals surface area contributed by atoms with Crippen molar-refractivity contribution >= 4 is 48.7 Å². The highest BCUT2D eigenvalue weighted by molar-refractivity contribution is 7.80. The summed E-state index contributed by atoms with van der Waals surface area (Å²) in [5.41, 5.74) is 2.05. The minimum atomic E-state index is -1.50. The number of carbonyl (C=O) groups excluding carboxylic acids is 4. The molecule has 0 saturated heterocycles. The number of amides is 4. The number of carbonyl (C=O) groups is 6. The van der Waals surface area contributed by atoms with Gasteiger partial charge >= 0.3 is 11.9 Å². The first-order chi connectivity index (χ1) is 18.6. The number of carboxylic acids is 2. The summed E-state index contributed by atoms with van der Waals surface area (Å²) < 4.78 is 0. The van der Waals surface area contributed by atoms with Crippen LogP contribution in [0.4, 0.5) is 0 Å². The Balaban J connectivity index is 2.15. The predicted octanol–water partition coefficient (Wildman–Crippen LogP) is -0.339. The van der Waals surface area contributed by atoms with Crippen LogP contribution < -0.4 is 21.3 Å². The summed E-state index contributed by atoms with van der Waals surface area (Å²) in [7, 11) is 0. The molecule has 2 aromatic carbocycles. The highest BCUT2D eigenvalue weighted by Crippen LogP contribution is 2.08. The monoisotopic (exact) mass is 558 g/mol. The molecule has 4 amide bonds. The van der Waals surface area contributed by atoms with E-state index in [1.807, 2.05) is 0 Å². The van der Waals surface area contributed by atoms with Crippen molar-refractivity contribution in [1.82, 2.24) is 21.3 Å². The minimum Gasteiger partial charge on any atom is -0.481 e. The molecule has 0 heterocycles. The first-order valence-electron chi connectivity index (χ1n) is 11.9. The highest BCUT2D eigenvalue weighted by atomic mass is 32.1. The zero-order valence-electron chi connectivity index (χ0n) is 20.8. The lowest BCUT2D eigenvalue weighted by Crippen LogP contribution is -2.57. The van der Waals surface area contributed by atoms with E-state index in [-0.39, 0.29) is 18.6 Å². The summed E-state index contributed by atoms with van der Waals surface area (Å²) in [5, 5.41) is 28.2. The van der Waals surface area contributed by atoms with E-state index >= 15 is 0 Å². The van der Waals surface area contributed by atoms with Crippen LogP contribution in [0.5, 0.6) is 0 Å². The predicted molar refractivity (Wildman–Crippen MR) is 143 cm³/mol. The van der Waals surface area contributed by atoms with Gasteiger partial charge in [-0.1, -0.05) is 54.6 Å². The molecule has 0 aromatic heterocycles. The van der Waals surface area contributed by atoms with Crippen molar-refractivity contribution in [1.29, 1.82) is 0 Å². The SMILES string of the molecule is O=CNCc1ccc(CC(=O)N[C@@H](CC(=O)O)C(=O)N[C@@H](Cc2ccccc2)C(=O)N[C@@H](CS)C(=O)O)cc1. The van der Waals surface area contributed by atoms with Gasteiger partial charge in [0.1, 0.15) is 18.1 Å². The molecule has 12 nitrogen and oxygen atoms in total. The summed E-state index contributed by atoms with van der Waals surface area (Å²) in [6, 6.07) is 11.3. The zero-order valence-corrected chi connectivity index (χ0v) is 21.7. The van der Waals surface area contributed by atoms with Crippen molar-refractivity contribution in [2.24, 2.45) is 0 Å². The summed E-state index contributed by atoms with van der Waals surface area (Å²) in [5.74, 6) is -5.22. The van der Waals surface area contributed by atoms with Gasteiger partial charge in [-0.3, -0.25) is 24.0 Å². The van der Waals surface area contributed by atoms with E-state index in [2.05, 4.69) is 33.9 Å². The molecule has 0 radical (unpaired) electrons. The molecule has 0 fully saturated rings. The Morgan fingerprint density at radius 2 is 1.36 bits per heavy atom. The second kappa shape index (κ2) is 15.8. The van der Waals surface area contributed by atoms with E-state index in [0.717, 1.165) is 5.56 Å². The molecule has 0 spiro atoms. The molecule has 0 unspecified atom stereocenters. The van der Waals surface area contributed by atoms with Gasteiger partial charge in [0.05, 0.1) is 12.8 Å². The Bertz CT molecular complexity index is 1160. The van der Waals surface area contributed by atoms with E-state index in [1.54, 1.807) is 54.6 Å². The molecule has 0 aliphatic heterocycles. The van der Waals surface area contributed by atoms with Crippen LogP contribution in [0.1, 0.15) is 23.1 Å². The third kappa shape index (κ3) is 10.9. The highest BCUT2D eigenvalue weighted by Gasteiger charge is 2.30. The van der Waals surface area contributed by atoms with Crippen molar-refractivity contribution in [3.05, 3.63) is 71.3 Å². The van der Waals surface area contributed by atoms with Gasteiger partial charge in [0.25, 0.3) is 0 Å². The number of rotatable bonds is 16. The molecule has 2 rings (SSSR count). The first kappa shape index (κ1) is 30.8. The lowest BCUT2D eigenvalue weighted by Gasteiger charge is -2.24. The normalized spacial score (nSPS) is 12.7. The lowest BCUT2D eigenvalue weighted by atomic mass is 10.0. The van der Waals surface area contributed by atoms with Gasteiger partial charge < -0.3 is 31.5 Å².